The van der Waals surface area contributed by atoms with Crippen LogP contribution in [0.25, 0.3) is 16.5 Å². The zero-order chi connectivity index (χ0) is 28.9. The SMILES string of the molecule is CC/C(B(O)O)=C(/c1ccc(OCCCC(=O)OC(C)(C)C)cc1)c1ccc2c(c1)c(F)nn2C1CCCCO1. The molecule has 1 unspecified atom stereocenters. The second kappa shape index (κ2) is 13.0. The molecule has 0 aliphatic carbocycles. The molecular formula is C30H38BFN2O6. The van der Waals surface area contributed by atoms with Crippen LogP contribution in [0.2, 0.25) is 0 Å². The molecule has 1 aliphatic rings. The number of esters is 1. The van der Waals surface area contributed by atoms with Gasteiger partial charge in [0.25, 0.3) is 0 Å². The Bertz CT molecular complexity index is 1340. The van der Waals surface area contributed by atoms with Gasteiger partial charge in [-0.05, 0) is 99.3 Å². The molecule has 0 radical (unpaired) electrons. The van der Waals surface area contributed by atoms with Gasteiger partial charge in [-0.15, -0.1) is 5.10 Å². The summed E-state index contributed by atoms with van der Waals surface area (Å²) >= 11 is 0. The van der Waals surface area contributed by atoms with Gasteiger partial charge >= 0.3 is 13.1 Å². The summed E-state index contributed by atoms with van der Waals surface area (Å²) in [5.41, 5.74) is 2.51. The summed E-state index contributed by atoms with van der Waals surface area (Å²) in [6.45, 7) is 8.31. The van der Waals surface area contributed by atoms with Crippen molar-refractivity contribution >= 4 is 29.6 Å². The zero-order valence-electron chi connectivity index (χ0n) is 23.7. The zero-order valence-corrected chi connectivity index (χ0v) is 23.7. The summed E-state index contributed by atoms with van der Waals surface area (Å²) in [5, 5.41) is 24.8. The van der Waals surface area contributed by atoms with Gasteiger partial charge in [0, 0.05) is 13.0 Å². The number of halogens is 1. The predicted octanol–water partition coefficient (Wildman–Crippen LogP) is 5.60. The molecule has 2 heterocycles. The van der Waals surface area contributed by atoms with Gasteiger partial charge in [-0.25, -0.2) is 4.68 Å². The van der Waals surface area contributed by atoms with E-state index in [1.165, 1.54) is 0 Å². The molecule has 4 rings (SSSR count). The van der Waals surface area contributed by atoms with Crippen LogP contribution in [0.4, 0.5) is 4.39 Å². The van der Waals surface area contributed by atoms with Crippen LogP contribution in [0, 0.1) is 5.95 Å². The largest absolute Gasteiger partial charge is 0.494 e. The number of aromatic nitrogens is 2. The smallest absolute Gasteiger partial charge is 0.484 e. The first-order chi connectivity index (χ1) is 19.1. The van der Waals surface area contributed by atoms with E-state index >= 15 is 4.39 Å². The van der Waals surface area contributed by atoms with Gasteiger partial charge < -0.3 is 24.3 Å². The Morgan fingerprint density at radius 3 is 2.50 bits per heavy atom. The van der Waals surface area contributed by atoms with Crippen molar-refractivity contribution in [2.75, 3.05) is 13.2 Å². The number of carbonyl (C=O) groups is 1. The first-order valence-corrected chi connectivity index (χ1v) is 13.9. The topological polar surface area (TPSA) is 103 Å². The summed E-state index contributed by atoms with van der Waals surface area (Å²) in [6.07, 6.45) is 3.61. The van der Waals surface area contributed by atoms with E-state index in [0.717, 1.165) is 24.8 Å². The highest BCUT2D eigenvalue weighted by Gasteiger charge is 2.24. The van der Waals surface area contributed by atoms with Crippen molar-refractivity contribution in [3.8, 4) is 5.75 Å². The third-order valence-electron chi connectivity index (χ3n) is 6.75. The van der Waals surface area contributed by atoms with Crippen molar-refractivity contribution in [3.63, 3.8) is 0 Å². The second-order valence-electron chi connectivity index (χ2n) is 11.0. The van der Waals surface area contributed by atoms with Crippen LogP contribution in [-0.4, -0.2) is 51.7 Å². The Morgan fingerprint density at radius 2 is 1.88 bits per heavy atom. The molecule has 8 nitrogen and oxygen atoms in total. The Morgan fingerprint density at radius 1 is 1.15 bits per heavy atom. The van der Waals surface area contributed by atoms with Crippen LogP contribution in [0.3, 0.4) is 0 Å². The molecule has 2 aromatic carbocycles. The maximum Gasteiger partial charge on any atom is 0.484 e. The van der Waals surface area contributed by atoms with Crippen LogP contribution in [0.1, 0.15) is 83.6 Å². The van der Waals surface area contributed by atoms with Crippen LogP contribution in [0.5, 0.6) is 5.75 Å². The average molecular weight is 552 g/mol. The highest BCUT2D eigenvalue weighted by Crippen LogP contribution is 2.34. The number of allylic oxidation sites excluding steroid dienone is 1. The number of ether oxygens (including phenoxy) is 3. The molecular weight excluding hydrogens is 514 g/mol. The molecule has 1 aliphatic heterocycles. The van der Waals surface area contributed by atoms with E-state index in [2.05, 4.69) is 5.10 Å². The number of carbonyl (C=O) groups excluding carboxylic acids is 1. The lowest BCUT2D eigenvalue weighted by Crippen LogP contribution is -2.23. The summed E-state index contributed by atoms with van der Waals surface area (Å²) in [5.74, 6) is -0.241. The van der Waals surface area contributed by atoms with Gasteiger partial charge in [0.1, 0.15) is 11.4 Å². The molecule has 0 spiro atoms. The Hall–Kier alpha value is -3.21. The fourth-order valence-electron chi connectivity index (χ4n) is 4.94. The minimum atomic E-state index is -1.68. The van der Waals surface area contributed by atoms with E-state index in [1.54, 1.807) is 28.9 Å². The number of hydrogen-bond acceptors (Lipinski definition) is 7. The number of benzene rings is 2. The Labute approximate surface area is 234 Å². The van der Waals surface area contributed by atoms with Crippen molar-refractivity contribution in [3.05, 3.63) is 65.0 Å². The second-order valence-corrected chi connectivity index (χ2v) is 11.0. The van der Waals surface area contributed by atoms with Crippen molar-refractivity contribution < 1.29 is 33.4 Å². The molecule has 1 aromatic heterocycles. The highest BCUT2D eigenvalue weighted by molar-refractivity contribution is 6.52. The van der Waals surface area contributed by atoms with Gasteiger partial charge in [0.15, 0.2) is 6.23 Å². The van der Waals surface area contributed by atoms with E-state index in [0.29, 0.717) is 59.3 Å². The van der Waals surface area contributed by atoms with E-state index in [9.17, 15) is 14.8 Å². The summed E-state index contributed by atoms with van der Waals surface area (Å²) in [7, 11) is -1.68. The lowest BCUT2D eigenvalue weighted by molar-refractivity contribution is -0.155. The Kier molecular flexibility index (Phi) is 9.66. The van der Waals surface area contributed by atoms with Gasteiger partial charge in [-0.1, -0.05) is 25.1 Å². The van der Waals surface area contributed by atoms with Crippen molar-refractivity contribution in [2.45, 2.75) is 78.0 Å². The maximum atomic E-state index is 15.0. The average Bonchev–Trinajstić information content (AvgIpc) is 3.25. The molecule has 214 valence electrons. The predicted molar refractivity (Wildman–Crippen MR) is 152 cm³/mol. The molecule has 3 aromatic rings. The van der Waals surface area contributed by atoms with Gasteiger partial charge in [-0.2, -0.15) is 4.39 Å². The number of rotatable bonds is 10. The molecule has 1 fully saturated rings. The van der Waals surface area contributed by atoms with Crippen molar-refractivity contribution in [1.29, 1.82) is 0 Å². The van der Waals surface area contributed by atoms with Crippen molar-refractivity contribution in [2.24, 2.45) is 0 Å². The molecule has 0 saturated carbocycles. The van der Waals surface area contributed by atoms with Crippen molar-refractivity contribution in [1.82, 2.24) is 9.78 Å². The lowest BCUT2D eigenvalue weighted by Gasteiger charge is -2.23. The quantitative estimate of drug-likeness (QED) is 0.192. The highest BCUT2D eigenvalue weighted by atomic mass is 19.1. The number of fused-ring (bicyclic) bond motifs is 1. The summed E-state index contributed by atoms with van der Waals surface area (Å²) in [4.78, 5) is 11.9. The lowest BCUT2D eigenvalue weighted by atomic mass is 9.71. The molecule has 1 saturated heterocycles. The third kappa shape index (κ3) is 7.30. The minimum absolute atomic E-state index is 0.263. The molecule has 40 heavy (non-hydrogen) atoms. The molecule has 2 N–H and O–H groups in total. The first-order valence-electron chi connectivity index (χ1n) is 13.9. The van der Waals surface area contributed by atoms with Gasteiger partial charge in [0.2, 0.25) is 5.95 Å². The minimum Gasteiger partial charge on any atom is -0.494 e. The number of nitrogens with zero attached hydrogens (tertiary/aromatic N) is 2. The van der Waals surface area contributed by atoms with Crippen LogP contribution >= 0.6 is 0 Å². The van der Waals surface area contributed by atoms with E-state index in [-0.39, 0.29) is 18.6 Å². The molecule has 10 heteroatoms. The fourth-order valence-corrected chi connectivity index (χ4v) is 4.94. The van der Waals surface area contributed by atoms with E-state index in [1.807, 2.05) is 45.9 Å². The van der Waals surface area contributed by atoms with Crippen LogP contribution in [-0.2, 0) is 14.3 Å². The fraction of sp³-hybridized carbons (Fsp3) is 0.467. The number of hydrogen-bond donors (Lipinski definition) is 2. The molecule has 0 amide bonds. The molecule has 0 bridgehead atoms. The monoisotopic (exact) mass is 552 g/mol. The van der Waals surface area contributed by atoms with Gasteiger partial charge in [0.05, 0.1) is 17.5 Å². The van der Waals surface area contributed by atoms with E-state index in [4.69, 9.17) is 14.2 Å². The van der Waals surface area contributed by atoms with Crippen LogP contribution < -0.4 is 4.74 Å². The maximum absolute atomic E-state index is 15.0. The first kappa shape index (κ1) is 29.8. The van der Waals surface area contributed by atoms with E-state index < -0.39 is 18.7 Å². The Balaban J connectivity index is 1.56. The normalized spacial score (nSPS) is 16.5. The summed E-state index contributed by atoms with van der Waals surface area (Å²) in [6, 6.07) is 12.6. The standard InChI is InChI=1S/C30H38BFN2O6/c1-5-24(31(36)37)28(20-11-14-22(15-12-20)38-18-8-10-27(35)40-30(2,3)4)21-13-16-25-23(19-21)29(32)33-34(25)26-9-6-7-17-39-26/h11-16,19,26,36-37H,5-10,17-18H2,1-4H3/b28-24+. The summed E-state index contributed by atoms with van der Waals surface area (Å²) < 4.78 is 33.6. The van der Waals surface area contributed by atoms with Crippen LogP contribution in [0.15, 0.2) is 47.9 Å². The van der Waals surface area contributed by atoms with Gasteiger partial charge in [-0.3, -0.25) is 4.79 Å². The third-order valence-corrected chi connectivity index (χ3v) is 6.75. The molecule has 1 atom stereocenters.